The summed E-state index contributed by atoms with van der Waals surface area (Å²) in [5.74, 6) is 1.15. The second kappa shape index (κ2) is 6.82. The van der Waals surface area contributed by atoms with Crippen molar-refractivity contribution in [1.82, 2.24) is 0 Å². The van der Waals surface area contributed by atoms with E-state index in [2.05, 4.69) is 0 Å². The first-order valence-electron chi connectivity index (χ1n) is 5.93. The molecule has 2 rings (SSSR count). The normalized spacial score (nSPS) is 10.4. The Balaban J connectivity index is 2.15. The molecule has 2 aromatic rings. The molecular formula is C15H13Cl2FO2. The summed E-state index contributed by atoms with van der Waals surface area (Å²) in [7, 11) is 1.57. The first-order valence-corrected chi connectivity index (χ1v) is 6.85. The maximum atomic E-state index is 13.1. The van der Waals surface area contributed by atoms with Crippen LogP contribution in [0.5, 0.6) is 11.5 Å². The Morgan fingerprint density at radius 3 is 2.45 bits per heavy atom. The van der Waals surface area contributed by atoms with Crippen LogP contribution in [0.15, 0.2) is 36.4 Å². The van der Waals surface area contributed by atoms with Gasteiger partial charge in [0.25, 0.3) is 0 Å². The lowest BCUT2D eigenvalue weighted by molar-refractivity contribution is 0.284. The Kier molecular flexibility index (Phi) is 5.10. The van der Waals surface area contributed by atoms with Crippen molar-refractivity contribution in [3.05, 3.63) is 58.4 Å². The van der Waals surface area contributed by atoms with Crippen molar-refractivity contribution in [3.8, 4) is 11.5 Å². The SMILES string of the molecule is COc1ccc(CCl)cc1OCc1ccc(F)c(Cl)c1. The lowest BCUT2D eigenvalue weighted by Crippen LogP contribution is -1.99. The number of hydrogen-bond acceptors (Lipinski definition) is 2. The van der Waals surface area contributed by atoms with Gasteiger partial charge in [0.05, 0.1) is 12.1 Å². The van der Waals surface area contributed by atoms with Gasteiger partial charge in [-0.15, -0.1) is 11.6 Å². The van der Waals surface area contributed by atoms with Crippen LogP contribution in [0.3, 0.4) is 0 Å². The third-order valence-electron chi connectivity index (χ3n) is 2.76. The fraction of sp³-hybridized carbons (Fsp3) is 0.200. The topological polar surface area (TPSA) is 18.5 Å². The van der Waals surface area contributed by atoms with E-state index in [-0.39, 0.29) is 11.6 Å². The Morgan fingerprint density at radius 2 is 1.80 bits per heavy atom. The van der Waals surface area contributed by atoms with Crippen molar-refractivity contribution < 1.29 is 13.9 Å². The zero-order valence-corrected chi connectivity index (χ0v) is 12.3. The number of benzene rings is 2. The van der Waals surface area contributed by atoms with Crippen molar-refractivity contribution in [3.63, 3.8) is 0 Å². The van der Waals surface area contributed by atoms with Crippen LogP contribution in [0.25, 0.3) is 0 Å². The number of rotatable bonds is 5. The molecule has 0 spiro atoms. The van der Waals surface area contributed by atoms with Crippen LogP contribution in [-0.2, 0) is 12.5 Å². The summed E-state index contributed by atoms with van der Waals surface area (Å²) in [6.07, 6.45) is 0. The second-order valence-corrected chi connectivity index (χ2v) is 4.83. The van der Waals surface area contributed by atoms with Gasteiger partial charge >= 0.3 is 0 Å². The quantitative estimate of drug-likeness (QED) is 0.738. The van der Waals surface area contributed by atoms with Crippen LogP contribution < -0.4 is 9.47 Å². The second-order valence-electron chi connectivity index (χ2n) is 4.16. The molecule has 0 aliphatic heterocycles. The van der Waals surface area contributed by atoms with Gasteiger partial charge in [-0.25, -0.2) is 4.39 Å². The smallest absolute Gasteiger partial charge is 0.161 e. The Morgan fingerprint density at radius 1 is 1.05 bits per heavy atom. The summed E-state index contributed by atoms with van der Waals surface area (Å²) < 4.78 is 24.0. The number of hydrogen-bond donors (Lipinski definition) is 0. The molecule has 0 saturated heterocycles. The van der Waals surface area contributed by atoms with Gasteiger partial charge in [-0.3, -0.25) is 0 Å². The van der Waals surface area contributed by atoms with E-state index in [4.69, 9.17) is 32.7 Å². The number of alkyl halides is 1. The van der Waals surface area contributed by atoms with Gasteiger partial charge < -0.3 is 9.47 Å². The van der Waals surface area contributed by atoms with Gasteiger partial charge in [0.1, 0.15) is 12.4 Å². The molecule has 5 heteroatoms. The number of ether oxygens (including phenoxy) is 2. The molecule has 0 saturated carbocycles. The lowest BCUT2D eigenvalue weighted by atomic mass is 10.2. The average molecular weight is 315 g/mol. The first-order chi connectivity index (χ1) is 9.63. The minimum absolute atomic E-state index is 0.0765. The van der Waals surface area contributed by atoms with Gasteiger partial charge in [0.15, 0.2) is 11.5 Å². The Bertz CT molecular complexity index is 602. The molecule has 0 aliphatic rings. The summed E-state index contributed by atoms with van der Waals surface area (Å²) >= 11 is 11.5. The van der Waals surface area contributed by atoms with E-state index in [0.29, 0.717) is 17.4 Å². The first kappa shape index (κ1) is 14.9. The zero-order valence-electron chi connectivity index (χ0n) is 10.8. The van der Waals surface area contributed by atoms with Gasteiger partial charge in [0, 0.05) is 5.88 Å². The standard InChI is InChI=1S/C15H13Cl2FO2/c1-19-14-5-3-10(8-16)7-15(14)20-9-11-2-4-13(18)12(17)6-11/h2-7H,8-9H2,1H3. The molecule has 0 bridgehead atoms. The van der Waals surface area contributed by atoms with Crippen LogP contribution in [0.4, 0.5) is 4.39 Å². The molecule has 0 heterocycles. The maximum absolute atomic E-state index is 13.1. The third-order valence-corrected chi connectivity index (χ3v) is 3.36. The van der Waals surface area contributed by atoms with E-state index < -0.39 is 5.82 Å². The lowest BCUT2D eigenvalue weighted by Gasteiger charge is -2.12. The molecule has 2 nitrogen and oxygen atoms in total. The van der Waals surface area contributed by atoms with Gasteiger partial charge in [-0.1, -0.05) is 23.7 Å². The van der Waals surface area contributed by atoms with Crippen molar-refractivity contribution >= 4 is 23.2 Å². The van der Waals surface area contributed by atoms with Crippen LogP contribution in [0.1, 0.15) is 11.1 Å². The summed E-state index contributed by atoms with van der Waals surface area (Å²) in [5, 5.41) is 0.0765. The molecule has 0 unspecified atom stereocenters. The van der Waals surface area contributed by atoms with Gasteiger partial charge in [0.2, 0.25) is 0 Å². The summed E-state index contributed by atoms with van der Waals surface area (Å²) in [5.41, 5.74) is 1.70. The number of methoxy groups -OCH3 is 1. The fourth-order valence-electron chi connectivity index (χ4n) is 1.71. The highest BCUT2D eigenvalue weighted by Gasteiger charge is 2.07. The van der Waals surface area contributed by atoms with E-state index >= 15 is 0 Å². The van der Waals surface area contributed by atoms with E-state index in [0.717, 1.165) is 11.1 Å². The highest BCUT2D eigenvalue weighted by atomic mass is 35.5. The molecule has 0 aliphatic carbocycles. The van der Waals surface area contributed by atoms with Crippen LogP contribution in [0, 0.1) is 5.82 Å². The predicted molar refractivity (Wildman–Crippen MR) is 78.3 cm³/mol. The Labute approximate surface area is 127 Å². The molecule has 0 radical (unpaired) electrons. The predicted octanol–water partition coefficient (Wildman–Crippen LogP) is 4.81. The maximum Gasteiger partial charge on any atom is 0.161 e. The monoisotopic (exact) mass is 314 g/mol. The van der Waals surface area contributed by atoms with Crippen LogP contribution >= 0.6 is 23.2 Å². The molecular weight excluding hydrogens is 302 g/mol. The molecule has 0 amide bonds. The Hall–Kier alpha value is -1.45. The molecule has 0 fully saturated rings. The van der Waals surface area contributed by atoms with Crippen molar-refractivity contribution in [2.75, 3.05) is 7.11 Å². The minimum atomic E-state index is -0.447. The summed E-state index contributed by atoms with van der Waals surface area (Å²) in [6, 6.07) is 9.95. The number of halogens is 3. The molecule has 0 aromatic heterocycles. The summed E-state index contributed by atoms with van der Waals surface area (Å²) in [6.45, 7) is 0.266. The van der Waals surface area contributed by atoms with Crippen LogP contribution in [-0.4, -0.2) is 7.11 Å². The van der Waals surface area contributed by atoms with E-state index in [9.17, 15) is 4.39 Å². The van der Waals surface area contributed by atoms with Crippen LogP contribution in [0.2, 0.25) is 5.02 Å². The van der Waals surface area contributed by atoms with Crippen molar-refractivity contribution in [1.29, 1.82) is 0 Å². The van der Waals surface area contributed by atoms with E-state index in [1.54, 1.807) is 19.2 Å². The molecule has 2 aromatic carbocycles. The zero-order chi connectivity index (χ0) is 14.5. The molecule has 0 atom stereocenters. The molecule has 106 valence electrons. The average Bonchev–Trinajstić information content (AvgIpc) is 2.48. The molecule has 20 heavy (non-hydrogen) atoms. The summed E-state index contributed by atoms with van der Waals surface area (Å²) in [4.78, 5) is 0. The van der Waals surface area contributed by atoms with Gasteiger partial charge in [-0.2, -0.15) is 0 Å². The van der Waals surface area contributed by atoms with E-state index in [1.807, 2.05) is 12.1 Å². The van der Waals surface area contributed by atoms with Crippen molar-refractivity contribution in [2.24, 2.45) is 0 Å². The third kappa shape index (κ3) is 3.56. The highest BCUT2D eigenvalue weighted by molar-refractivity contribution is 6.30. The largest absolute Gasteiger partial charge is 0.493 e. The minimum Gasteiger partial charge on any atom is -0.493 e. The van der Waals surface area contributed by atoms with Gasteiger partial charge in [-0.05, 0) is 35.4 Å². The highest BCUT2D eigenvalue weighted by Crippen LogP contribution is 2.29. The fourth-order valence-corrected chi connectivity index (χ4v) is 2.08. The van der Waals surface area contributed by atoms with E-state index in [1.165, 1.54) is 12.1 Å². The molecule has 0 N–H and O–H groups in total. The van der Waals surface area contributed by atoms with Crippen molar-refractivity contribution in [2.45, 2.75) is 12.5 Å².